The van der Waals surface area contributed by atoms with Gasteiger partial charge in [0, 0.05) is 19.8 Å². The fraction of sp³-hybridized carbons (Fsp3) is 0.500. The van der Waals surface area contributed by atoms with E-state index in [9.17, 15) is 14.4 Å². The third-order valence-corrected chi connectivity index (χ3v) is 0.907. The molecule has 12 heavy (non-hydrogen) atoms. The molecule has 68 valence electrons. The van der Waals surface area contributed by atoms with Crippen molar-refractivity contribution in [3.63, 3.8) is 0 Å². The van der Waals surface area contributed by atoms with Crippen LogP contribution >= 0.6 is 0 Å². The summed E-state index contributed by atoms with van der Waals surface area (Å²) in [7, 11) is 0. The minimum Gasteiger partial charge on any atom is -0.370 e. The second-order valence-electron chi connectivity index (χ2n) is 2.09. The monoisotopic (exact) mass is 174 g/mol. The first-order chi connectivity index (χ1) is 5.52. The number of rotatable bonds is 3. The third-order valence-electron chi connectivity index (χ3n) is 0.907. The topological polar surface area (TPSA) is 98.5 Å². The number of hydrogen-bond acceptors (Lipinski definition) is 4. The average molecular weight is 174 g/mol. The van der Waals surface area contributed by atoms with Gasteiger partial charge in [0.1, 0.15) is 0 Å². The van der Waals surface area contributed by atoms with Crippen molar-refractivity contribution < 1.29 is 19.2 Å². The summed E-state index contributed by atoms with van der Waals surface area (Å²) in [6.07, 6.45) is -0.143. The van der Waals surface area contributed by atoms with Crippen molar-refractivity contribution >= 4 is 17.8 Å². The molecule has 0 aliphatic rings. The summed E-state index contributed by atoms with van der Waals surface area (Å²) in [5, 5.41) is 0. The van der Waals surface area contributed by atoms with Crippen molar-refractivity contribution in [2.24, 2.45) is 5.73 Å². The highest BCUT2D eigenvalue weighted by atomic mass is 16.7. The molecule has 0 saturated heterocycles. The van der Waals surface area contributed by atoms with Crippen LogP contribution in [-0.2, 0) is 19.2 Å². The molecule has 0 saturated carbocycles. The van der Waals surface area contributed by atoms with Crippen molar-refractivity contribution in [3.8, 4) is 0 Å². The van der Waals surface area contributed by atoms with Crippen molar-refractivity contribution in [3.05, 3.63) is 0 Å². The van der Waals surface area contributed by atoms with Gasteiger partial charge >= 0.3 is 5.97 Å². The SMILES string of the molecule is CC(=O)ONC(=O)CCC(N)=O. The highest BCUT2D eigenvalue weighted by Gasteiger charge is 2.04. The van der Waals surface area contributed by atoms with Crippen molar-refractivity contribution in [1.82, 2.24) is 5.48 Å². The molecule has 0 radical (unpaired) electrons. The predicted molar refractivity (Wildman–Crippen MR) is 38.3 cm³/mol. The Bertz CT molecular complexity index is 182. The van der Waals surface area contributed by atoms with Crippen molar-refractivity contribution in [1.29, 1.82) is 0 Å². The predicted octanol–water partition coefficient (Wildman–Crippen LogP) is -1.15. The summed E-state index contributed by atoms with van der Waals surface area (Å²) in [5.74, 6) is -1.75. The summed E-state index contributed by atoms with van der Waals surface area (Å²) >= 11 is 0. The van der Waals surface area contributed by atoms with E-state index in [1.807, 2.05) is 5.48 Å². The molecule has 0 fully saturated rings. The van der Waals surface area contributed by atoms with Crippen LogP contribution in [0.1, 0.15) is 19.8 Å². The van der Waals surface area contributed by atoms with Gasteiger partial charge in [-0.1, -0.05) is 0 Å². The molecule has 6 heteroatoms. The Balaban J connectivity index is 3.47. The molecule has 0 aromatic rings. The van der Waals surface area contributed by atoms with Gasteiger partial charge in [0.2, 0.25) is 5.91 Å². The molecule has 0 bridgehead atoms. The van der Waals surface area contributed by atoms with E-state index in [0.29, 0.717) is 0 Å². The molecule has 2 amide bonds. The number of hydroxylamine groups is 1. The Morgan fingerprint density at radius 2 is 1.92 bits per heavy atom. The number of hydrogen-bond donors (Lipinski definition) is 2. The minimum atomic E-state index is -0.623. The highest BCUT2D eigenvalue weighted by molar-refractivity contribution is 5.83. The fourth-order valence-corrected chi connectivity index (χ4v) is 0.417. The lowest BCUT2D eigenvalue weighted by atomic mass is 10.3. The molecule has 0 heterocycles. The van der Waals surface area contributed by atoms with Crippen molar-refractivity contribution in [2.45, 2.75) is 19.8 Å². The number of nitrogens with one attached hydrogen (secondary N) is 1. The summed E-state index contributed by atoms with van der Waals surface area (Å²) in [5.41, 5.74) is 6.61. The van der Waals surface area contributed by atoms with Crippen LogP contribution < -0.4 is 11.2 Å². The van der Waals surface area contributed by atoms with E-state index < -0.39 is 17.8 Å². The van der Waals surface area contributed by atoms with E-state index in [4.69, 9.17) is 5.73 Å². The van der Waals surface area contributed by atoms with Crippen molar-refractivity contribution in [2.75, 3.05) is 0 Å². The summed E-state index contributed by atoms with van der Waals surface area (Å²) in [6, 6.07) is 0. The Kier molecular flexibility index (Phi) is 4.43. The molecular weight excluding hydrogens is 164 g/mol. The molecule has 0 aliphatic carbocycles. The van der Waals surface area contributed by atoms with Crippen LogP contribution in [0.2, 0.25) is 0 Å². The second kappa shape index (κ2) is 5.11. The summed E-state index contributed by atoms with van der Waals surface area (Å²) in [4.78, 5) is 35.1. The lowest BCUT2D eigenvalue weighted by Crippen LogP contribution is -2.27. The Morgan fingerprint density at radius 3 is 2.33 bits per heavy atom. The quantitative estimate of drug-likeness (QED) is 0.527. The maximum Gasteiger partial charge on any atom is 0.329 e. The molecule has 0 aromatic carbocycles. The van der Waals surface area contributed by atoms with Gasteiger partial charge in [-0.15, -0.1) is 0 Å². The first-order valence-electron chi connectivity index (χ1n) is 3.27. The molecular formula is C6H10N2O4. The van der Waals surface area contributed by atoms with E-state index in [0.717, 1.165) is 6.92 Å². The van der Waals surface area contributed by atoms with Gasteiger partial charge < -0.3 is 10.6 Å². The van der Waals surface area contributed by atoms with Crippen LogP contribution in [0.15, 0.2) is 0 Å². The Hall–Kier alpha value is -1.59. The molecule has 0 atom stereocenters. The smallest absolute Gasteiger partial charge is 0.329 e. The number of amides is 2. The van der Waals surface area contributed by atoms with Gasteiger partial charge in [0.05, 0.1) is 0 Å². The average Bonchev–Trinajstić information content (AvgIpc) is 1.96. The molecule has 6 nitrogen and oxygen atoms in total. The molecule has 0 spiro atoms. The molecule has 3 N–H and O–H groups in total. The van der Waals surface area contributed by atoms with Gasteiger partial charge in [-0.25, -0.2) is 0 Å². The van der Waals surface area contributed by atoms with E-state index in [-0.39, 0.29) is 12.8 Å². The van der Waals surface area contributed by atoms with Gasteiger partial charge in [-0.05, 0) is 0 Å². The Labute approximate surface area is 69.0 Å². The van der Waals surface area contributed by atoms with Gasteiger partial charge in [0.25, 0.3) is 5.91 Å². The number of carbonyl (C=O) groups is 3. The van der Waals surface area contributed by atoms with Gasteiger partial charge in [0.15, 0.2) is 0 Å². The number of nitrogens with two attached hydrogens (primary N) is 1. The van der Waals surface area contributed by atoms with Crippen LogP contribution in [0.5, 0.6) is 0 Å². The third kappa shape index (κ3) is 6.53. The highest BCUT2D eigenvalue weighted by Crippen LogP contribution is 1.86. The molecule has 0 aromatic heterocycles. The minimum absolute atomic E-state index is 0.0624. The lowest BCUT2D eigenvalue weighted by molar-refractivity contribution is -0.156. The first kappa shape index (κ1) is 10.4. The standard InChI is InChI=1S/C6H10N2O4/c1-4(9)12-8-6(11)3-2-5(7)10/h2-3H2,1H3,(H2,7,10)(H,8,11). The molecule has 0 aliphatic heterocycles. The summed E-state index contributed by atoms with van der Waals surface area (Å²) < 4.78 is 0. The molecule has 0 unspecified atom stereocenters. The Morgan fingerprint density at radius 1 is 1.33 bits per heavy atom. The maximum absolute atomic E-state index is 10.7. The van der Waals surface area contributed by atoms with Crippen LogP contribution in [0.4, 0.5) is 0 Å². The summed E-state index contributed by atoms with van der Waals surface area (Å²) in [6.45, 7) is 1.15. The van der Waals surface area contributed by atoms with Crippen LogP contribution in [0.3, 0.4) is 0 Å². The maximum atomic E-state index is 10.7. The van der Waals surface area contributed by atoms with E-state index >= 15 is 0 Å². The van der Waals surface area contributed by atoms with Gasteiger partial charge in [-0.3, -0.25) is 14.4 Å². The van der Waals surface area contributed by atoms with E-state index in [1.165, 1.54) is 0 Å². The van der Waals surface area contributed by atoms with E-state index in [1.54, 1.807) is 0 Å². The largest absolute Gasteiger partial charge is 0.370 e. The lowest BCUT2D eigenvalue weighted by Gasteiger charge is -2.01. The number of primary amides is 1. The second-order valence-corrected chi connectivity index (χ2v) is 2.09. The molecule has 0 rings (SSSR count). The van der Waals surface area contributed by atoms with Gasteiger partial charge in [-0.2, -0.15) is 5.48 Å². The zero-order valence-electron chi connectivity index (χ0n) is 6.62. The van der Waals surface area contributed by atoms with Crippen LogP contribution in [0, 0.1) is 0 Å². The normalized spacial score (nSPS) is 8.75. The zero-order valence-corrected chi connectivity index (χ0v) is 6.62. The fourth-order valence-electron chi connectivity index (χ4n) is 0.417. The zero-order chi connectivity index (χ0) is 9.56. The van der Waals surface area contributed by atoms with Crippen LogP contribution in [0.25, 0.3) is 0 Å². The van der Waals surface area contributed by atoms with Crippen LogP contribution in [-0.4, -0.2) is 17.8 Å². The first-order valence-corrected chi connectivity index (χ1v) is 3.27. The van der Waals surface area contributed by atoms with E-state index in [2.05, 4.69) is 4.84 Å². The number of carbonyl (C=O) groups excluding carboxylic acids is 3.